The number of hydrogen-bond donors (Lipinski definition) is 1. The number of methoxy groups -OCH3 is 1. The van der Waals surface area contributed by atoms with Crippen molar-refractivity contribution in [3.8, 4) is 11.3 Å². The van der Waals surface area contributed by atoms with E-state index in [0.29, 0.717) is 37.7 Å². The lowest BCUT2D eigenvalue weighted by molar-refractivity contribution is -0.134. The van der Waals surface area contributed by atoms with Gasteiger partial charge in [0.05, 0.1) is 12.2 Å². The predicted molar refractivity (Wildman–Crippen MR) is 133 cm³/mol. The molecule has 1 atom stereocenters. The van der Waals surface area contributed by atoms with Crippen LogP contribution in [-0.4, -0.2) is 58.3 Å². The summed E-state index contributed by atoms with van der Waals surface area (Å²) in [5, 5.41) is 8.02. The molecule has 7 nitrogen and oxygen atoms in total. The minimum Gasteiger partial charge on any atom is -0.385 e. The lowest BCUT2D eigenvalue weighted by Gasteiger charge is -2.44. The Hall–Kier alpha value is -2.67. The quantitative estimate of drug-likeness (QED) is 0.586. The molecule has 1 aliphatic carbocycles. The molecule has 1 aromatic heterocycles. The third kappa shape index (κ3) is 4.90. The fourth-order valence-electron chi connectivity index (χ4n) is 5.13. The maximum Gasteiger partial charge on any atom is 0.273 e. The second-order valence-corrected chi connectivity index (χ2v) is 10.2. The van der Waals surface area contributed by atoms with Crippen molar-refractivity contribution in [2.75, 3.05) is 20.3 Å². The van der Waals surface area contributed by atoms with E-state index in [0.717, 1.165) is 36.9 Å². The normalized spacial score (nSPS) is 21.1. The van der Waals surface area contributed by atoms with Crippen molar-refractivity contribution in [1.29, 1.82) is 0 Å². The van der Waals surface area contributed by atoms with Gasteiger partial charge in [0.1, 0.15) is 11.2 Å². The number of ether oxygens (including phenoxy) is 1. The van der Waals surface area contributed by atoms with E-state index in [-0.39, 0.29) is 17.9 Å². The van der Waals surface area contributed by atoms with Crippen molar-refractivity contribution in [3.63, 3.8) is 0 Å². The molecule has 1 unspecified atom stereocenters. The highest BCUT2D eigenvalue weighted by molar-refractivity contribution is 6.00. The molecule has 1 N–H and O–H groups in total. The summed E-state index contributed by atoms with van der Waals surface area (Å²) >= 11 is 0. The molecule has 1 fully saturated rings. The minimum absolute atomic E-state index is 0.0887. The van der Waals surface area contributed by atoms with Crippen molar-refractivity contribution in [2.45, 2.75) is 83.3 Å². The first kappa shape index (κ1) is 24.5. The molecule has 0 bridgehead atoms. The molecule has 1 aliphatic heterocycles. The average molecular weight is 467 g/mol. The maximum atomic E-state index is 13.7. The second kappa shape index (κ2) is 10.3. The van der Waals surface area contributed by atoms with Gasteiger partial charge >= 0.3 is 0 Å². The summed E-state index contributed by atoms with van der Waals surface area (Å²) in [5.41, 5.74) is 2.52. The van der Waals surface area contributed by atoms with E-state index in [9.17, 15) is 9.59 Å². The number of rotatable bonds is 8. The summed E-state index contributed by atoms with van der Waals surface area (Å²) in [6.45, 7) is 7.55. The van der Waals surface area contributed by atoms with Gasteiger partial charge in [0.15, 0.2) is 0 Å². The Morgan fingerprint density at radius 1 is 1.21 bits per heavy atom. The molecule has 0 radical (unpaired) electrons. The van der Waals surface area contributed by atoms with Crippen LogP contribution in [0, 0.1) is 0 Å². The molecule has 0 saturated heterocycles. The lowest BCUT2D eigenvalue weighted by Crippen LogP contribution is -2.65. The molecule has 0 spiro atoms. The van der Waals surface area contributed by atoms with Crippen LogP contribution in [0.4, 0.5) is 0 Å². The van der Waals surface area contributed by atoms with E-state index in [1.54, 1.807) is 16.7 Å². The van der Waals surface area contributed by atoms with E-state index >= 15 is 0 Å². The van der Waals surface area contributed by atoms with Crippen LogP contribution in [0.15, 0.2) is 30.3 Å². The summed E-state index contributed by atoms with van der Waals surface area (Å²) in [7, 11) is 1.65. The summed E-state index contributed by atoms with van der Waals surface area (Å²) < 4.78 is 6.94. The van der Waals surface area contributed by atoms with Crippen molar-refractivity contribution < 1.29 is 14.3 Å². The van der Waals surface area contributed by atoms with Crippen molar-refractivity contribution in [2.24, 2.45) is 0 Å². The Morgan fingerprint density at radius 3 is 2.56 bits per heavy atom. The number of fused-ring (bicyclic) bond motifs is 1. The van der Waals surface area contributed by atoms with Crippen LogP contribution < -0.4 is 5.32 Å². The van der Waals surface area contributed by atoms with E-state index in [2.05, 4.69) is 43.4 Å². The Morgan fingerprint density at radius 2 is 1.91 bits per heavy atom. The van der Waals surface area contributed by atoms with Crippen LogP contribution in [0.25, 0.3) is 11.3 Å². The van der Waals surface area contributed by atoms with E-state index in [4.69, 9.17) is 9.84 Å². The number of nitrogens with one attached hydrogen (secondary N) is 1. The molecule has 7 heteroatoms. The highest BCUT2D eigenvalue weighted by atomic mass is 16.5. The lowest BCUT2D eigenvalue weighted by atomic mass is 9.91. The molecule has 184 valence electrons. The van der Waals surface area contributed by atoms with Gasteiger partial charge in [-0.15, -0.1) is 0 Å². The molecule has 4 rings (SSSR count). The van der Waals surface area contributed by atoms with Crippen LogP contribution in [-0.2, 0) is 16.1 Å². The van der Waals surface area contributed by atoms with Crippen molar-refractivity contribution in [3.05, 3.63) is 41.6 Å². The van der Waals surface area contributed by atoms with Crippen LogP contribution in [0.1, 0.15) is 81.3 Å². The predicted octanol–water partition coefficient (Wildman–Crippen LogP) is 4.37. The number of carbonyl (C=O) groups is 2. The molecule has 34 heavy (non-hydrogen) atoms. The van der Waals surface area contributed by atoms with Gasteiger partial charge in [0.25, 0.3) is 5.91 Å². The molecular weight excluding hydrogens is 428 g/mol. The van der Waals surface area contributed by atoms with E-state index in [1.165, 1.54) is 12.0 Å². The SMILES string of the molecule is COCCCN1C(=O)c2cc(-c3ccc(C(C)C)cc3)nn2CC1(C)C(=O)NC1CCCCC1. The number of carbonyl (C=O) groups excluding carboxylic acids is 2. The fourth-order valence-corrected chi connectivity index (χ4v) is 5.13. The molecular formula is C27H38N4O3. The zero-order chi connectivity index (χ0) is 24.3. The standard InChI is InChI=1S/C27H38N4O3/c1-19(2)20-11-13-21(14-12-20)23-17-24-25(32)30(15-8-16-34-4)27(3,18-31(24)29-23)26(33)28-22-9-6-5-7-10-22/h11-14,17,19,22H,5-10,15-16,18H2,1-4H3,(H,28,33). The first-order chi connectivity index (χ1) is 16.3. The summed E-state index contributed by atoms with van der Waals surface area (Å²) in [6.07, 6.45) is 6.18. The van der Waals surface area contributed by atoms with Crippen LogP contribution in [0.5, 0.6) is 0 Å². The highest BCUT2D eigenvalue weighted by Gasteiger charge is 2.48. The largest absolute Gasteiger partial charge is 0.385 e. The van der Waals surface area contributed by atoms with Crippen LogP contribution >= 0.6 is 0 Å². The van der Waals surface area contributed by atoms with Gasteiger partial charge in [-0.25, -0.2) is 0 Å². The Bertz CT molecular complexity index is 1010. The van der Waals surface area contributed by atoms with Gasteiger partial charge in [-0.05, 0) is 43.7 Å². The molecule has 1 saturated carbocycles. The monoisotopic (exact) mass is 466 g/mol. The van der Waals surface area contributed by atoms with Gasteiger partial charge in [0.2, 0.25) is 5.91 Å². The summed E-state index contributed by atoms with van der Waals surface area (Å²) in [5.74, 6) is 0.213. The molecule has 2 amide bonds. The smallest absolute Gasteiger partial charge is 0.273 e. The maximum absolute atomic E-state index is 13.7. The second-order valence-electron chi connectivity index (χ2n) is 10.2. The molecule has 2 heterocycles. The molecule has 2 aromatic rings. The number of amides is 2. The highest BCUT2D eigenvalue weighted by Crippen LogP contribution is 2.31. The zero-order valence-electron chi connectivity index (χ0n) is 21.0. The van der Waals surface area contributed by atoms with Crippen molar-refractivity contribution in [1.82, 2.24) is 20.0 Å². The minimum atomic E-state index is -1.000. The van der Waals surface area contributed by atoms with Gasteiger partial charge < -0.3 is 15.0 Å². The first-order valence-electron chi connectivity index (χ1n) is 12.6. The third-order valence-corrected chi connectivity index (χ3v) is 7.33. The van der Waals surface area contributed by atoms with Crippen LogP contribution in [0.2, 0.25) is 0 Å². The van der Waals surface area contributed by atoms with E-state index < -0.39 is 5.54 Å². The number of hydrogen-bond acceptors (Lipinski definition) is 4. The Balaban J connectivity index is 1.63. The Kier molecular flexibility index (Phi) is 7.41. The van der Waals surface area contributed by atoms with E-state index in [1.807, 2.05) is 13.0 Å². The summed E-state index contributed by atoms with van der Waals surface area (Å²) in [4.78, 5) is 29.0. The van der Waals surface area contributed by atoms with Gasteiger partial charge in [-0.2, -0.15) is 5.10 Å². The number of aromatic nitrogens is 2. The topological polar surface area (TPSA) is 76.5 Å². The number of benzene rings is 1. The van der Waals surface area contributed by atoms with Gasteiger partial charge in [0, 0.05) is 31.9 Å². The number of nitrogens with zero attached hydrogens (tertiary/aromatic N) is 3. The fraction of sp³-hybridized carbons (Fsp3) is 0.593. The molecule has 2 aliphatic rings. The van der Waals surface area contributed by atoms with Gasteiger partial charge in [-0.3, -0.25) is 14.3 Å². The molecule has 1 aromatic carbocycles. The Labute approximate surface area is 202 Å². The zero-order valence-corrected chi connectivity index (χ0v) is 21.0. The average Bonchev–Trinajstić information content (AvgIpc) is 3.26. The van der Waals surface area contributed by atoms with Gasteiger partial charge in [-0.1, -0.05) is 57.4 Å². The first-order valence-corrected chi connectivity index (χ1v) is 12.6. The third-order valence-electron chi connectivity index (χ3n) is 7.33. The van der Waals surface area contributed by atoms with Crippen LogP contribution in [0.3, 0.4) is 0 Å². The van der Waals surface area contributed by atoms with Crippen molar-refractivity contribution >= 4 is 11.8 Å². The summed E-state index contributed by atoms with van der Waals surface area (Å²) in [6, 6.07) is 10.4.